The smallest absolute Gasteiger partial charge is 0.119 e. The molecular weight excluding hydrogens is 238 g/mol. The number of fused-ring (bicyclic) bond motifs is 1. The van der Waals surface area contributed by atoms with Crippen molar-refractivity contribution in [2.45, 2.75) is 38.2 Å². The third-order valence-corrected chi connectivity index (χ3v) is 4.27. The highest BCUT2D eigenvalue weighted by molar-refractivity contribution is 5.38. The maximum atomic E-state index is 10.0. The molecule has 0 amide bonds. The number of aryl methyl sites for hydroxylation is 1. The van der Waals surface area contributed by atoms with E-state index in [2.05, 4.69) is 11.0 Å². The Morgan fingerprint density at radius 1 is 1.21 bits per heavy atom. The van der Waals surface area contributed by atoms with E-state index < -0.39 is 0 Å². The number of hydrogen-bond acceptors (Lipinski definition) is 3. The van der Waals surface area contributed by atoms with Gasteiger partial charge in [-0.2, -0.15) is 0 Å². The number of hydrogen-bond donors (Lipinski definition) is 1. The second-order valence-corrected chi connectivity index (χ2v) is 5.67. The molecule has 3 heteroatoms. The van der Waals surface area contributed by atoms with Gasteiger partial charge in [0.05, 0.1) is 6.10 Å². The van der Waals surface area contributed by atoms with Crippen molar-refractivity contribution < 1.29 is 9.84 Å². The summed E-state index contributed by atoms with van der Waals surface area (Å²) in [5.74, 6) is 0.902. The van der Waals surface area contributed by atoms with E-state index in [0.29, 0.717) is 0 Å². The molecule has 1 N–H and O–H groups in total. The lowest BCUT2D eigenvalue weighted by Crippen LogP contribution is -2.25. The second-order valence-electron chi connectivity index (χ2n) is 5.67. The van der Waals surface area contributed by atoms with E-state index in [1.54, 1.807) is 0 Å². The van der Waals surface area contributed by atoms with Crippen LogP contribution in [-0.2, 0) is 6.42 Å². The largest absolute Gasteiger partial charge is 0.492 e. The zero-order valence-corrected chi connectivity index (χ0v) is 11.5. The zero-order valence-electron chi connectivity index (χ0n) is 11.5. The van der Waals surface area contributed by atoms with Crippen LogP contribution in [0, 0.1) is 0 Å². The molecule has 3 nitrogen and oxygen atoms in total. The minimum atomic E-state index is -0.300. The molecule has 0 radical (unpaired) electrons. The number of rotatable bonds is 4. The van der Waals surface area contributed by atoms with Gasteiger partial charge in [0.25, 0.3) is 0 Å². The van der Waals surface area contributed by atoms with E-state index in [1.807, 2.05) is 12.1 Å². The van der Waals surface area contributed by atoms with Crippen LogP contribution in [0.4, 0.5) is 0 Å². The number of aliphatic hydroxyl groups is 1. The van der Waals surface area contributed by atoms with E-state index in [4.69, 9.17) is 4.74 Å². The molecular formula is C16H23NO2. The van der Waals surface area contributed by atoms with Crippen molar-refractivity contribution in [3.8, 4) is 5.75 Å². The summed E-state index contributed by atoms with van der Waals surface area (Å²) in [5.41, 5.74) is 2.36. The van der Waals surface area contributed by atoms with Crippen LogP contribution in [0.1, 0.15) is 42.9 Å². The molecule has 1 aromatic carbocycles. The molecule has 2 aliphatic rings. The molecule has 0 saturated carbocycles. The Labute approximate surface area is 115 Å². The number of nitrogens with zero attached hydrogens (tertiary/aromatic N) is 1. The number of ether oxygens (including phenoxy) is 1. The van der Waals surface area contributed by atoms with Gasteiger partial charge < -0.3 is 9.84 Å². The normalized spacial score (nSPS) is 23.3. The Morgan fingerprint density at radius 3 is 2.89 bits per heavy atom. The Morgan fingerprint density at radius 2 is 2.05 bits per heavy atom. The predicted molar refractivity (Wildman–Crippen MR) is 75.5 cm³/mol. The van der Waals surface area contributed by atoms with Crippen LogP contribution in [0.25, 0.3) is 0 Å². The third-order valence-electron chi connectivity index (χ3n) is 4.27. The molecule has 0 unspecified atom stereocenters. The molecule has 1 fully saturated rings. The van der Waals surface area contributed by atoms with E-state index in [-0.39, 0.29) is 6.10 Å². The molecule has 0 spiro atoms. The summed E-state index contributed by atoms with van der Waals surface area (Å²) in [6.45, 7) is 4.19. The summed E-state index contributed by atoms with van der Waals surface area (Å²) in [5, 5.41) is 10.0. The highest BCUT2D eigenvalue weighted by atomic mass is 16.5. The molecule has 1 saturated heterocycles. The predicted octanol–water partition coefficient (Wildman–Crippen LogP) is 2.53. The lowest BCUT2D eigenvalue weighted by molar-refractivity contribution is 0.155. The first-order valence-electron chi connectivity index (χ1n) is 7.49. The summed E-state index contributed by atoms with van der Waals surface area (Å²) < 4.78 is 5.83. The van der Waals surface area contributed by atoms with Gasteiger partial charge in [-0.05, 0) is 68.5 Å². The number of aliphatic hydroxyl groups excluding tert-OH is 1. The molecule has 1 aliphatic carbocycles. The summed E-state index contributed by atoms with van der Waals surface area (Å²) >= 11 is 0. The molecule has 19 heavy (non-hydrogen) atoms. The van der Waals surface area contributed by atoms with Crippen LogP contribution in [0.2, 0.25) is 0 Å². The Kier molecular flexibility index (Phi) is 4.04. The van der Waals surface area contributed by atoms with Crippen molar-refractivity contribution in [3.63, 3.8) is 0 Å². The minimum absolute atomic E-state index is 0.300. The van der Waals surface area contributed by atoms with E-state index >= 15 is 0 Å². The fourth-order valence-corrected chi connectivity index (χ4v) is 3.14. The molecule has 0 aromatic heterocycles. The molecule has 3 rings (SSSR count). The molecule has 1 heterocycles. The summed E-state index contributed by atoms with van der Waals surface area (Å²) in [6, 6.07) is 6.19. The molecule has 1 aromatic rings. The molecule has 1 atom stereocenters. The Bertz CT molecular complexity index is 427. The number of likely N-dealkylation sites (tertiary alicyclic amines) is 1. The van der Waals surface area contributed by atoms with Gasteiger partial charge in [-0.25, -0.2) is 0 Å². The van der Waals surface area contributed by atoms with Crippen molar-refractivity contribution in [1.29, 1.82) is 0 Å². The average Bonchev–Trinajstić information content (AvgIpc) is 2.93. The standard InChI is InChI=1S/C16H23NO2/c18-16-5-3-4-13-6-7-14(12-15(13)16)19-11-10-17-8-1-2-9-17/h6-7,12,16,18H,1-5,8-11H2/t16-/m0/s1. The van der Waals surface area contributed by atoms with Gasteiger partial charge in [0.15, 0.2) is 0 Å². The second kappa shape index (κ2) is 5.93. The van der Waals surface area contributed by atoms with Gasteiger partial charge >= 0.3 is 0 Å². The van der Waals surface area contributed by atoms with Gasteiger partial charge in [0, 0.05) is 6.54 Å². The topological polar surface area (TPSA) is 32.7 Å². The Hall–Kier alpha value is -1.06. The van der Waals surface area contributed by atoms with Gasteiger partial charge in [-0.1, -0.05) is 6.07 Å². The quantitative estimate of drug-likeness (QED) is 0.904. The molecule has 1 aliphatic heterocycles. The highest BCUT2D eigenvalue weighted by Gasteiger charge is 2.18. The molecule has 104 valence electrons. The summed E-state index contributed by atoms with van der Waals surface area (Å²) in [6.07, 6.45) is 5.40. The number of benzene rings is 1. The SMILES string of the molecule is O[C@H]1CCCc2ccc(OCCN3CCCC3)cc21. The van der Waals surface area contributed by atoms with Crippen molar-refractivity contribution in [2.24, 2.45) is 0 Å². The van der Waals surface area contributed by atoms with Crippen molar-refractivity contribution in [1.82, 2.24) is 4.90 Å². The van der Waals surface area contributed by atoms with Gasteiger partial charge in [0.1, 0.15) is 12.4 Å². The van der Waals surface area contributed by atoms with Gasteiger partial charge in [0.2, 0.25) is 0 Å². The minimum Gasteiger partial charge on any atom is -0.492 e. The lowest BCUT2D eigenvalue weighted by atomic mass is 9.89. The maximum Gasteiger partial charge on any atom is 0.119 e. The van der Waals surface area contributed by atoms with Gasteiger partial charge in [-0.15, -0.1) is 0 Å². The van der Waals surface area contributed by atoms with Gasteiger partial charge in [-0.3, -0.25) is 4.90 Å². The van der Waals surface area contributed by atoms with Crippen LogP contribution in [0.5, 0.6) is 5.75 Å². The van der Waals surface area contributed by atoms with Crippen LogP contribution in [-0.4, -0.2) is 36.2 Å². The third kappa shape index (κ3) is 3.10. The molecule has 0 bridgehead atoms. The Balaban J connectivity index is 1.57. The summed E-state index contributed by atoms with van der Waals surface area (Å²) in [4.78, 5) is 2.45. The van der Waals surface area contributed by atoms with Crippen LogP contribution >= 0.6 is 0 Å². The fourth-order valence-electron chi connectivity index (χ4n) is 3.14. The zero-order chi connectivity index (χ0) is 13.1. The highest BCUT2D eigenvalue weighted by Crippen LogP contribution is 2.32. The first-order valence-corrected chi connectivity index (χ1v) is 7.49. The summed E-state index contributed by atoms with van der Waals surface area (Å²) in [7, 11) is 0. The van der Waals surface area contributed by atoms with E-state index in [1.165, 1.54) is 31.5 Å². The van der Waals surface area contributed by atoms with Crippen molar-refractivity contribution in [3.05, 3.63) is 29.3 Å². The first-order chi connectivity index (χ1) is 9.33. The fraction of sp³-hybridized carbons (Fsp3) is 0.625. The van der Waals surface area contributed by atoms with Crippen LogP contribution in [0.15, 0.2) is 18.2 Å². The first kappa shape index (κ1) is 12.9. The van der Waals surface area contributed by atoms with Crippen LogP contribution < -0.4 is 4.74 Å². The lowest BCUT2D eigenvalue weighted by Gasteiger charge is -2.22. The maximum absolute atomic E-state index is 10.0. The van der Waals surface area contributed by atoms with E-state index in [9.17, 15) is 5.11 Å². The van der Waals surface area contributed by atoms with Crippen molar-refractivity contribution in [2.75, 3.05) is 26.2 Å². The van der Waals surface area contributed by atoms with Crippen LogP contribution in [0.3, 0.4) is 0 Å². The van der Waals surface area contributed by atoms with E-state index in [0.717, 1.165) is 43.7 Å². The van der Waals surface area contributed by atoms with Crippen molar-refractivity contribution >= 4 is 0 Å². The monoisotopic (exact) mass is 261 g/mol. The average molecular weight is 261 g/mol.